The van der Waals surface area contributed by atoms with Gasteiger partial charge in [-0.2, -0.15) is 0 Å². The van der Waals surface area contributed by atoms with Crippen molar-refractivity contribution in [3.8, 4) is 33.8 Å². The number of para-hydroxylation sites is 1. The van der Waals surface area contributed by atoms with Crippen molar-refractivity contribution in [2.45, 2.75) is 82.5 Å². The summed E-state index contributed by atoms with van der Waals surface area (Å²) < 4.78 is 7.23. The molecule has 2 spiro atoms. The van der Waals surface area contributed by atoms with E-state index in [9.17, 15) is 0 Å². The minimum atomic E-state index is -0.0108. The first-order chi connectivity index (χ1) is 27.2. The fourth-order valence-corrected chi connectivity index (χ4v) is 13.8. The van der Waals surface area contributed by atoms with Crippen molar-refractivity contribution >= 4 is 17.1 Å². The predicted molar refractivity (Wildman–Crippen MR) is 229 cm³/mol. The van der Waals surface area contributed by atoms with Crippen LogP contribution in [-0.4, -0.2) is 0 Å². The monoisotopic (exact) mass is 729 g/mol. The van der Waals surface area contributed by atoms with Crippen LogP contribution in [0.5, 0.6) is 11.5 Å². The van der Waals surface area contributed by atoms with Gasteiger partial charge in [-0.15, -0.1) is 0 Å². The summed E-state index contributed by atoms with van der Waals surface area (Å²) in [6.07, 6.45) is 8.01. The maximum Gasteiger partial charge on any atom is 0.134 e. The summed E-state index contributed by atoms with van der Waals surface area (Å²) in [6.45, 7) is 9.72. The van der Waals surface area contributed by atoms with Crippen molar-refractivity contribution in [3.63, 3.8) is 0 Å². The summed E-state index contributed by atoms with van der Waals surface area (Å²) in [5.41, 5.74) is 15.2. The third kappa shape index (κ3) is 4.23. The van der Waals surface area contributed by atoms with Crippen LogP contribution in [0.3, 0.4) is 0 Å². The molecule has 12 rings (SSSR count). The van der Waals surface area contributed by atoms with Gasteiger partial charge in [0.25, 0.3) is 0 Å². The van der Waals surface area contributed by atoms with Gasteiger partial charge in [0.05, 0.1) is 5.69 Å². The Bertz CT molecular complexity index is 2550. The number of anilines is 3. The molecular formula is C54H51NO. The Hall–Kier alpha value is -5.08. The topological polar surface area (TPSA) is 12.5 Å². The van der Waals surface area contributed by atoms with Crippen LogP contribution < -0.4 is 9.64 Å². The number of benzene rings is 6. The third-order valence-electron chi connectivity index (χ3n) is 16.2. The fourth-order valence-electron chi connectivity index (χ4n) is 13.8. The molecule has 2 bridgehead atoms. The molecule has 0 saturated heterocycles. The van der Waals surface area contributed by atoms with E-state index in [0.717, 1.165) is 34.7 Å². The molecule has 6 atom stereocenters. The molecule has 2 heteroatoms. The van der Waals surface area contributed by atoms with E-state index in [-0.39, 0.29) is 16.2 Å². The summed E-state index contributed by atoms with van der Waals surface area (Å²) >= 11 is 0. The number of rotatable bonds is 5. The quantitative estimate of drug-likeness (QED) is 0.175. The number of hydrogen-bond acceptors (Lipinski definition) is 2. The summed E-state index contributed by atoms with van der Waals surface area (Å²) in [6, 6.07) is 52.6. The molecule has 56 heavy (non-hydrogen) atoms. The Morgan fingerprint density at radius 1 is 0.518 bits per heavy atom. The standard InChI is InChI=1S/C54H51NO/c1-51(2)25-26-52(3,4)45-31-40(23-24-43(45)51)55(39-21-19-36(20-22-39)35-13-7-5-8-14-35)41-30-42(37-15-9-6-10-16-37)50-47(32-41)56-46-18-12-11-17-44(46)54(50)48-28-34-27-38-29-49(54)53(38,48)33-34/h5-24,30-32,34,38,48-49H,25-29,33H2,1-4H3. The van der Waals surface area contributed by atoms with Gasteiger partial charge >= 0.3 is 0 Å². The largest absolute Gasteiger partial charge is 0.457 e. The third-order valence-corrected chi connectivity index (χ3v) is 16.2. The van der Waals surface area contributed by atoms with Crippen LogP contribution in [0.1, 0.15) is 88.5 Å². The first-order valence-corrected chi connectivity index (χ1v) is 21.3. The lowest BCUT2D eigenvalue weighted by molar-refractivity contribution is -0.234. The Kier molecular flexibility index (Phi) is 6.67. The summed E-state index contributed by atoms with van der Waals surface area (Å²) in [5, 5.41) is 0. The molecule has 0 N–H and O–H groups in total. The van der Waals surface area contributed by atoms with Gasteiger partial charge in [-0.3, -0.25) is 0 Å². The zero-order valence-corrected chi connectivity index (χ0v) is 33.2. The Labute approximate surface area is 332 Å². The normalized spacial score (nSPS) is 28.9. The average Bonchev–Trinajstić information content (AvgIpc) is 3.76. The molecule has 5 aliphatic carbocycles. The van der Waals surface area contributed by atoms with E-state index < -0.39 is 0 Å². The Morgan fingerprint density at radius 2 is 1.16 bits per heavy atom. The summed E-state index contributed by atoms with van der Waals surface area (Å²) in [5.74, 6) is 5.29. The van der Waals surface area contributed by atoms with E-state index in [0.29, 0.717) is 17.3 Å². The first-order valence-electron chi connectivity index (χ1n) is 21.3. The molecule has 0 radical (unpaired) electrons. The predicted octanol–water partition coefficient (Wildman–Crippen LogP) is 14.3. The minimum Gasteiger partial charge on any atom is -0.457 e. The minimum absolute atomic E-state index is 0.0108. The van der Waals surface area contributed by atoms with Crippen molar-refractivity contribution < 1.29 is 4.74 Å². The highest BCUT2D eigenvalue weighted by molar-refractivity contribution is 5.87. The maximum atomic E-state index is 7.23. The van der Waals surface area contributed by atoms with Gasteiger partial charge < -0.3 is 9.64 Å². The van der Waals surface area contributed by atoms with Crippen LogP contribution in [0.15, 0.2) is 140 Å². The molecule has 4 fully saturated rings. The van der Waals surface area contributed by atoms with Gasteiger partial charge in [0, 0.05) is 34.0 Å². The van der Waals surface area contributed by atoms with E-state index in [4.69, 9.17) is 4.74 Å². The molecule has 6 aromatic rings. The zero-order chi connectivity index (χ0) is 37.6. The van der Waals surface area contributed by atoms with Crippen LogP contribution in [0.4, 0.5) is 17.1 Å². The average molecular weight is 730 g/mol. The molecular weight excluding hydrogens is 679 g/mol. The highest BCUT2D eigenvalue weighted by Crippen LogP contribution is 2.89. The SMILES string of the molecule is CC1(C)CCC(C)(C)c2cc(N(c3ccc(-c4ccccc4)cc3)c3cc4c(c(-c5ccccc5)c3)C3(c5ccccc5O4)C4CC5CC6CC3C64C5)ccc21. The van der Waals surface area contributed by atoms with E-state index >= 15 is 0 Å². The van der Waals surface area contributed by atoms with Crippen molar-refractivity contribution in [3.05, 3.63) is 162 Å². The molecule has 6 unspecified atom stereocenters. The molecule has 2 nitrogen and oxygen atoms in total. The summed E-state index contributed by atoms with van der Waals surface area (Å²) in [7, 11) is 0. The van der Waals surface area contributed by atoms with E-state index in [2.05, 4.69) is 172 Å². The molecule has 0 amide bonds. The smallest absolute Gasteiger partial charge is 0.134 e. The molecule has 6 aromatic carbocycles. The van der Waals surface area contributed by atoms with Gasteiger partial charge in [0.2, 0.25) is 0 Å². The van der Waals surface area contributed by atoms with Gasteiger partial charge in [-0.1, -0.05) is 125 Å². The molecule has 0 aromatic heterocycles. The van der Waals surface area contributed by atoms with Crippen LogP contribution in [0, 0.1) is 29.1 Å². The van der Waals surface area contributed by atoms with Crippen LogP contribution in [0.25, 0.3) is 22.3 Å². The van der Waals surface area contributed by atoms with E-state index in [1.165, 1.54) is 88.7 Å². The Balaban J connectivity index is 1.10. The molecule has 6 aliphatic rings. The van der Waals surface area contributed by atoms with Crippen LogP contribution in [-0.2, 0) is 16.2 Å². The second-order valence-electron chi connectivity index (χ2n) is 19.6. The zero-order valence-electron chi connectivity index (χ0n) is 33.2. The fraction of sp³-hybridized carbons (Fsp3) is 0.333. The maximum absolute atomic E-state index is 7.23. The number of ether oxygens (including phenoxy) is 1. The highest BCUT2D eigenvalue weighted by Gasteiger charge is 2.84. The molecule has 1 heterocycles. The van der Waals surface area contributed by atoms with Gasteiger partial charge in [-0.25, -0.2) is 0 Å². The van der Waals surface area contributed by atoms with Crippen LogP contribution in [0.2, 0.25) is 0 Å². The van der Waals surface area contributed by atoms with Gasteiger partial charge in [-0.05, 0) is 148 Å². The highest BCUT2D eigenvalue weighted by atomic mass is 16.5. The number of hydrogen-bond donors (Lipinski definition) is 0. The van der Waals surface area contributed by atoms with Crippen LogP contribution >= 0.6 is 0 Å². The molecule has 1 aliphatic heterocycles. The van der Waals surface area contributed by atoms with Gasteiger partial charge in [0.15, 0.2) is 0 Å². The van der Waals surface area contributed by atoms with Crippen molar-refractivity contribution in [2.24, 2.45) is 29.1 Å². The number of fused-ring (bicyclic) bond motifs is 8. The van der Waals surface area contributed by atoms with Crippen molar-refractivity contribution in [1.29, 1.82) is 0 Å². The second-order valence-corrected chi connectivity index (χ2v) is 19.6. The lowest BCUT2D eigenvalue weighted by atomic mass is 9.26. The van der Waals surface area contributed by atoms with Crippen molar-refractivity contribution in [1.82, 2.24) is 0 Å². The van der Waals surface area contributed by atoms with Gasteiger partial charge in [0.1, 0.15) is 11.5 Å². The van der Waals surface area contributed by atoms with E-state index in [1.807, 2.05) is 0 Å². The van der Waals surface area contributed by atoms with Crippen molar-refractivity contribution in [2.75, 3.05) is 4.90 Å². The lowest BCUT2D eigenvalue weighted by Gasteiger charge is -2.77. The van der Waals surface area contributed by atoms with E-state index in [1.54, 1.807) is 0 Å². The summed E-state index contributed by atoms with van der Waals surface area (Å²) in [4.78, 5) is 2.51. The Morgan fingerprint density at radius 3 is 1.91 bits per heavy atom. The first kappa shape index (κ1) is 33.1. The molecule has 278 valence electrons. The molecule has 4 saturated carbocycles. The number of nitrogens with zero attached hydrogens (tertiary/aromatic N) is 1. The lowest BCUT2D eigenvalue weighted by Crippen LogP contribution is -2.74. The second kappa shape index (κ2) is 11.3.